The maximum Gasteiger partial charge on any atom is 0.217 e. The van der Waals surface area contributed by atoms with Crippen LogP contribution in [0.3, 0.4) is 0 Å². The first-order valence-corrected chi connectivity index (χ1v) is 14.1. The highest BCUT2D eigenvalue weighted by Gasteiger charge is 2.54. The molecule has 19 nitrogen and oxygen atoms in total. The van der Waals surface area contributed by atoms with Crippen molar-refractivity contribution in [3.05, 3.63) is 0 Å². The van der Waals surface area contributed by atoms with Crippen molar-refractivity contribution in [1.29, 1.82) is 0 Å². The van der Waals surface area contributed by atoms with E-state index in [1.807, 2.05) is 0 Å². The quantitative estimate of drug-likeness (QED) is 0.0936. The molecular formula is C25H45NO18. The van der Waals surface area contributed by atoms with Gasteiger partial charge in [0.05, 0.1) is 32.0 Å². The van der Waals surface area contributed by atoms with E-state index in [-0.39, 0.29) is 0 Å². The van der Waals surface area contributed by atoms with E-state index in [9.17, 15) is 61.0 Å². The maximum atomic E-state index is 12.2. The highest BCUT2D eigenvalue weighted by molar-refractivity contribution is 5.73. The average molecular weight is 648 g/mol. The summed E-state index contributed by atoms with van der Waals surface area (Å²) < 4.78 is 34.0. The molecule has 44 heavy (non-hydrogen) atoms. The Bertz CT molecular complexity index is 903. The number of aliphatic hydroxyl groups excluding tert-OH is 11. The van der Waals surface area contributed by atoms with E-state index in [1.54, 1.807) is 0 Å². The summed E-state index contributed by atoms with van der Waals surface area (Å²) in [6.07, 6.45) is -27.3. The molecule has 0 unspecified atom stereocenters. The van der Waals surface area contributed by atoms with Crippen LogP contribution in [0, 0.1) is 0 Å². The molecule has 3 rings (SSSR count). The zero-order valence-corrected chi connectivity index (χ0v) is 24.3. The molecular weight excluding hydrogens is 602 g/mol. The predicted molar refractivity (Wildman–Crippen MR) is 139 cm³/mol. The second kappa shape index (κ2) is 16.1. The lowest BCUT2D eigenvalue weighted by molar-refractivity contribution is -0.374. The lowest BCUT2D eigenvalue weighted by Crippen LogP contribution is -2.69. The molecule has 0 aromatic rings. The Morgan fingerprint density at radius 1 is 0.727 bits per heavy atom. The van der Waals surface area contributed by atoms with Crippen molar-refractivity contribution in [2.24, 2.45) is 0 Å². The Kier molecular flexibility index (Phi) is 13.6. The number of nitrogens with one attached hydrogen (secondary N) is 1. The number of carbonyl (C=O) groups is 1. The van der Waals surface area contributed by atoms with Crippen molar-refractivity contribution in [3.63, 3.8) is 0 Å². The number of hydrogen-bond donors (Lipinski definition) is 12. The summed E-state index contributed by atoms with van der Waals surface area (Å²) in [5, 5.41) is 115. The molecule has 12 N–H and O–H groups in total. The van der Waals surface area contributed by atoms with E-state index < -0.39 is 136 Å². The molecule has 3 aliphatic rings. The van der Waals surface area contributed by atoms with Gasteiger partial charge in [0.2, 0.25) is 5.91 Å². The third kappa shape index (κ3) is 8.19. The molecule has 1 amide bonds. The fraction of sp³-hybridized carbons (Fsp3) is 0.960. The molecule has 0 aromatic heterocycles. The molecule has 258 valence electrons. The molecule has 0 saturated carbocycles. The standard InChI is InChI=1S/C25H45NO18/c1-7-14(32)18(36)20(38)24(39-7)43-21-13(26-9(3)30)23(41-12(6-29)17(21)35)44-22-19(37)15(33)8(2)40-25(22)42-11(5-28)16(34)10(31)4-27/h7-8,10-25,27-29,31-38H,4-6H2,1-3H3,(H,26,30)/t7-,8-,10+,11+,12+,13+,14+,15-,16+,17+,18+,19+,20+,21+,22+,23-,24-,25-/m0/s1. The largest absolute Gasteiger partial charge is 0.394 e. The zero-order chi connectivity index (χ0) is 33.0. The van der Waals surface area contributed by atoms with Crippen molar-refractivity contribution >= 4 is 5.91 Å². The van der Waals surface area contributed by atoms with Crippen LogP contribution in [0.4, 0.5) is 0 Å². The van der Waals surface area contributed by atoms with Crippen LogP contribution in [0.1, 0.15) is 20.8 Å². The van der Waals surface area contributed by atoms with Crippen molar-refractivity contribution in [3.8, 4) is 0 Å². The van der Waals surface area contributed by atoms with Gasteiger partial charge in [0.1, 0.15) is 79.3 Å². The lowest BCUT2D eigenvalue weighted by Gasteiger charge is -2.49. The minimum absolute atomic E-state index is 0.701. The summed E-state index contributed by atoms with van der Waals surface area (Å²) in [6.45, 7) is 1.23. The van der Waals surface area contributed by atoms with Gasteiger partial charge < -0.3 is 89.9 Å². The van der Waals surface area contributed by atoms with Gasteiger partial charge in [0.15, 0.2) is 18.9 Å². The second-order valence-corrected chi connectivity index (χ2v) is 11.1. The van der Waals surface area contributed by atoms with Gasteiger partial charge in [-0.25, -0.2) is 0 Å². The topological polar surface area (TPSA) is 307 Å². The fourth-order valence-corrected chi connectivity index (χ4v) is 5.19. The van der Waals surface area contributed by atoms with E-state index in [4.69, 9.17) is 28.4 Å². The third-order valence-electron chi connectivity index (χ3n) is 7.85. The molecule has 0 aliphatic carbocycles. The van der Waals surface area contributed by atoms with Gasteiger partial charge in [-0.2, -0.15) is 0 Å². The molecule has 19 heteroatoms. The Morgan fingerprint density at radius 3 is 1.84 bits per heavy atom. The minimum Gasteiger partial charge on any atom is -0.394 e. The number of amides is 1. The summed E-state index contributed by atoms with van der Waals surface area (Å²) in [5.41, 5.74) is 0. The smallest absolute Gasteiger partial charge is 0.217 e. The van der Waals surface area contributed by atoms with E-state index in [1.165, 1.54) is 13.8 Å². The lowest BCUT2D eigenvalue weighted by atomic mass is 9.94. The molecule has 18 atom stereocenters. The zero-order valence-electron chi connectivity index (χ0n) is 24.3. The van der Waals surface area contributed by atoms with Crippen LogP contribution in [0.25, 0.3) is 0 Å². The Labute approximate surface area is 252 Å². The molecule has 0 aromatic carbocycles. The first-order valence-electron chi connectivity index (χ1n) is 14.1. The number of hydrogen-bond acceptors (Lipinski definition) is 18. The first kappa shape index (κ1) is 37.2. The van der Waals surface area contributed by atoms with Crippen LogP contribution in [0.2, 0.25) is 0 Å². The molecule has 0 bridgehead atoms. The fourth-order valence-electron chi connectivity index (χ4n) is 5.19. The first-order chi connectivity index (χ1) is 20.7. The van der Waals surface area contributed by atoms with Crippen molar-refractivity contribution in [2.75, 3.05) is 19.8 Å². The predicted octanol–water partition coefficient (Wildman–Crippen LogP) is -7.27. The Morgan fingerprint density at radius 2 is 1.30 bits per heavy atom. The van der Waals surface area contributed by atoms with Gasteiger partial charge in [0.25, 0.3) is 0 Å². The Balaban J connectivity index is 1.93. The second-order valence-electron chi connectivity index (χ2n) is 11.1. The van der Waals surface area contributed by atoms with Gasteiger partial charge in [-0.1, -0.05) is 0 Å². The monoisotopic (exact) mass is 647 g/mol. The summed E-state index contributed by atoms with van der Waals surface area (Å²) in [5.74, 6) is -0.701. The van der Waals surface area contributed by atoms with Crippen LogP contribution in [0.5, 0.6) is 0 Å². The molecule has 3 heterocycles. The minimum atomic E-state index is -1.84. The number of rotatable bonds is 12. The van der Waals surface area contributed by atoms with Crippen LogP contribution in [-0.2, 0) is 33.2 Å². The van der Waals surface area contributed by atoms with E-state index in [0.29, 0.717) is 0 Å². The summed E-state index contributed by atoms with van der Waals surface area (Å²) in [6, 6.07) is -1.50. The highest BCUT2D eigenvalue weighted by Crippen LogP contribution is 2.33. The van der Waals surface area contributed by atoms with Gasteiger partial charge in [-0.3, -0.25) is 4.79 Å². The number of carbonyl (C=O) groups excluding carboxylic acids is 1. The third-order valence-corrected chi connectivity index (χ3v) is 7.85. The van der Waals surface area contributed by atoms with Gasteiger partial charge in [0, 0.05) is 6.92 Å². The van der Waals surface area contributed by atoms with Gasteiger partial charge in [-0.15, -0.1) is 0 Å². The Hall–Kier alpha value is -1.21. The summed E-state index contributed by atoms with van der Waals surface area (Å²) >= 11 is 0. The van der Waals surface area contributed by atoms with Crippen LogP contribution >= 0.6 is 0 Å². The highest BCUT2D eigenvalue weighted by atomic mass is 16.8. The normalized spacial score (nSPS) is 45.4. The SMILES string of the molecule is CC(=O)N[C@H]1[C@H](O[C@H]2[C@H](O[C@H](CO)[C@H](O)[C@H](O)CO)O[C@@H](C)[C@H](O)[C@H]2O)O[C@H](CO)[C@@H](O)[C@@H]1O[C@@H]1O[C@@H](C)[C@@H](O)[C@@H](O)[C@H]1O. The molecule has 0 spiro atoms. The summed E-state index contributed by atoms with van der Waals surface area (Å²) in [4.78, 5) is 12.2. The van der Waals surface area contributed by atoms with Crippen molar-refractivity contribution in [2.45, 2.75) is 131 Å². The molecule has 0 radical (unpaired) electrons. The van der Waals surface area contributed by atoms with Gasteiger partial charge >= 0.3 is 0 Å². The van der Waals surface area contributed by atoms with E-state index in [0.717, 1.165) is 6.92 Å². The average Bonchev–Trinajstić information content (AvgIpc) is 2.99. The van der Waals surface area contributed by atoms with E-state index >= 15 is 0 Å². The van der Waals surface area contributed by atoms with Crippen molar-refractivity contribution in [1.82, 2.24) is 5.32 Å². The van der Waals surface area contributed by atoms with E-state index in [2.05, 4.69) is 5.32 Å². The molecule has 3 aliphatic heterocycles. The molecule has 3 fully saturated rings. The number of aliphatic hydroxyl groups is 11. The number of ether oxygens (including phenoxy) is 6. The van der Waals surface area contributed by atoms with Crippen LogP contribution in [-0.4, -0.2) is 192 Å². The maximum absolute atomic E-state index is 12.2. The summed E-state index contributed by atoms with van der Waals surface area (Å²) in [7, 11) is 0. The van der Waals surface area contributed by atoms with Crippen molar-refractivity contribution < 1.29 is 89.4 Å². The van der Waals surface area contributed by atoms with Crippen LogP contribution in [0.15, 0.2) is 0 Å². The van der Waals surface area contributed by atoms with Gasteiger partial charge in [-0.05, 0) is 13.8 Å². The molecule has 3 saturated heterocycles. The van der Waals surface area contributed by atoms with Crippen LogP contribution < -0.4 is 5.32 Å².